The number of nitrogens with zero attached hydrogens (tertiary/aromatic N) is 5. The van der Waals surface area contributed by atoms with Crippen LogP contribution in [-0.2, 0) is 13.6 Å². The van der Waals surface area contributed by atoms with E-state index >= 15 is 0 Å². The topological polar surface area (TPSA) is 89.9 Å². The summed E-state index contributed by atoms with van der Waals surface area (Å²) in [5.41, 5.74) is 10.2. The summed E-state index contributed by atoms with van der Waals surface area (Å²) < 4.78 is 2.71. The van der Waals surface area contributed by atoms with Crippen LogP contribution < -0.4 is 5.73 Å². The molecule has 1 saturated carbocycles. The Balaban J connectivity index is 1.60. The lowest BCUT2D eigenvalue weighted by Gasteiger charge is -2.23. The number of carbonyl (C=O) groups is 1. The molecular weight excluding hydrogens is 444 g/mol. The molecule has 0 bridgehead atoms. The predicted octanol–water partition coefficient (Wildman–Crippen LogP) is 3.97. The first kappa shape index (κ1) is 19.0. The number of nitrogen functional groups attached to an aromatic ring is 1. The van der Waals surface area contributed by atoms with E-state index in [1.165, 1.54) is 0 Å². The molecule has 0 unspecified atom stereocenters. The monoisotopic (exact) mass is 464 g/mol. The van der Waals surface area contributed by atoms with Crippen LogP contribution in [0.1, 0.15) is 34.5 Å². The van der Waals surface area contributed by atoms with Gasteiger partial charge in [-0.15, -0.1) is 0 Å². The van der Waals surface area contributed by atoms with E-state index in [-0.39, 0.29) is 11.9 Å². The molecule has 1 aliphatic carbocycles. The number of fused-ring (bicyclic) bond motifs is 3. The van der Waals surface area contributed by atoms with E-state index in [4.69, 9.17) is 5.73 Å². The van der Waals surface area contributed by atoms with Crippen LogP contribution >= 0.6 is 15.9 Å². The maximum Gasteiger partial charge on any atom is 0.254 e. The molecule has 7 nitrogen and oxygen atoms in total. The van der Waals surface area contributed by atoms with Crippen molar-refractivity contribution in [2.75, 3.05) is 5.73 Å². The van der Waals surface area contributed by atoms with Crippen molar-refractivity contribution in [3.8, 4) is 0 Å². The molecule has 0 atom stereocenters. The Bertz CT molecular complexity index is 1290. The maximum atomic E-state index is 13.6. The highest BCUT2D eigenvalue weighted by Crippen LogP contribution is 2.33. The lowest BCUT2D eigenvalue weighted by molar-refractivity contribution is 0.0727. The Morgan fingerprint density at radius 3 is 2.77 bits per heavy atom. The second-order valence-corrected chi connectivity index (χ2v) is 8.76. The summed E-state index contributed by atoms with van der Waals surface area (Å²) in [5.74, 6) is 0.471. The van der Waals surface area contributed by atoms with Gasteiger partial charge in [0.25, 0.3) is 5.91 Å². The van der Waals surface area contributed by atoms with Gasteiger partial charge in [0.2, 0.25) is 0 Å². The van der Waals surface area contributed by atoms with Crippen LogP contribution in [0.25, 0.3) is 21.8 Å². The molecule has 1 amide bonds. The molecule has 3 aromatic heterocycles. The standard InChI is InChI=1S/C22H21BrN6O/c1-12-7-19-17(20-18(21(24)27-19)10-26-28(20)2)8-16(12)22(30)29(15-5-6-15)11-14-4-3-13(23)9-25-14/h3-4,7-10,15H,5-6,11H2,1-2H3,(H2,24,27). The maximum absolute atomic E-state index is 13.6. The van der Waals surface area contributed by atoms with Gasteiger partial charge in [0.15, 0.2) is 0 Å². The number of hydrogen-bond acceptors (Lipinski definition) is 5. The Morgan fingerprint density at radius 2 is 2.07 bits per heavy atom. The van der Waals surface area contributed by atoms with Crippen molar-refractivity contribution < 1.29 is 4.79 Å². The van der Waals surface area contributed by atoms with Crippen molar-refractivity contribution in [3.63, 3.8) is 0 Å². The molecule has 8 heteroatoms. The summed E-state index contributed by atoms with van der Waals surface area (Å²) in [6, 6.07) is 8.04. The molecule has 1 aromatic carbocycles. The van der Waals surface area contributed by atoms with Crippen LogP contribution in [0.4, 0.5) is 5.82 Å². The second-order valence-electron chi connectivity index (χ2n) is 7.84. The van der Waals surface area contributed by atoms with Crippen molar-refractivity contribution in [2.24, 2.45) is 7.05 Å². The van der Waals surface area contributed by atoms with Gasteiger partial charge >= 0.3 is 0 Å². The molecule has 1 aliphatic rings. The van der Waals surface area contributed by atoms with Crippen molar-refractivity contribution in [1.29, 1.82) is 0 Å². The van der Waals surface area contributed by atoms with Crippen LogP contribution in [0.5, 0.6) is 0 Å². The first-order valence-corrected chi connectivity index (χ1v) is 10.6. The molecule has 1 fully saturated rings. The molecule has 0 radical (unpaired) electrons. The number of rotatable bonds is 4. The van der Waals surface area contributed by atoms with Gasteiger partial charge < -0.3 is 10.6 Å². The first-order chi connectivity index (χ1) is 14.4. The molecule has 0 saturated heterocycles. The molecule has 152 valence electrons. The van der Waals surface area contributed by atoms with Crippen LogP contribution in [0.2, 0.25) is 0 Å². The van der Waals surface area contributed by atoms with Crippen LogP contribution in [0.15, 0.2) is 41.1 Å². The van der Waals surface area contributed by atoms with E-state index < -0.39 is 0 Å². The van der Waals surface area contributed by atoms with E-state index in [9.17, 15) is 4.79 Å². The van der Waals surface area contributed by atoms with Crippen molar-refractivity contribution in [3.05, 3.63) is 58.0 Å². The molecule has 3 heterocycles. The average Bonchev–Trinajstić information content (AvgIpc) is 3.48. The molecule has 0 spiro atoms. The summed E-state index contributed by atoms with van der Waals surface area (Å²) in [6.07, 6.45) is 5.54. The molecular formula is C22H21BrN6O. The van der Waals surface area contributed by atoms with Crippen molar-refractivity contribution in [1.82, 2.24) is 24.6 Å². The SMILES string of the molecule is Cc1cc2nc(N)c3cnn(C)c3c2cc1C(=O)N(Cc1ccc(Br)cn1)C1CC1. The normalized spacial score (nSPS) is 13.8. The Morgan fingerprint density at radius 1 is 1.27 bits per heavy atom. The van der Waals surface area contributed by atoms with Crippen LogP contribution in [0, 0.1) is 6.92 Å². The van der Waals surface area contributed by atoms with E-state index in [0.717, 1.165) is 50.4 Å². The smallest absolute Gasteiger partial charge is 0.254 e. The number of aryl methyl sites for hydroxylation is 2. The number of pyridine rings is 2. The minimum Gasteiger partial charge on any atom is -0.383 e. The van der Waals surface area contributed by atoms with Gasteiger partial charge in [-0.25, -0.2) is 4.98 Å². The Kier molecular flexibility index (Phi) is 4.47. The number of aromatic nitrogens is 4. The number of benzene rings is 1. The molecule has 30 heavy (non-hydrogen) atoms. The second kappa shape index (κ2) is 7.05. The summed E-state index contributed by atoms with van der Waals surface area (Å²) in [5, 5.41) is 6.01. The number of halogens is 1. The van der Waals surface area contributed by atoms with Gasteiger partial charge in [0.05, 0.1) is 34.9 Å². The highest BCUT2D eigenvalue weighted by atomic mass is 79.9. The minimum atomic E-state index is 0.0220. The lowest BCUT2D eigenvalue weighted by Crippen LogP contribution is -2.33. The predicted molar refractivity (Wildman–Crippen MR) is 120 cm³/mol. The highest BCUT2D eigenvalue weighted by molar-refractivity contribution is 9.10. The van der Waals surface area contributed by atoms with Crippen LogP contribution in [0.3, 0.4) is 0 Å². The van der Waals surface area contributed by atoms with E-state index in [1.54, 1.807) is 17.1 Å². The van der Waals surface area contributed by atoms with Gasteiger partial charge in [-0.2, -0.15) is 5.10 Å². The van der Waals surface area contributed by atoms with Gasteiger partial charge in [0.1, 0.15) is 5.82 Å². The first-order valence-electron chi connectivity index (χ1n) is 9.85. The number of carbonyl (C=O) groups excluding carboxylic acids is 1. The summed E-state index contributed by atoms with van der Waals surface area (Å²) >= 11 is 3.41. The Hall–Kier alpha value is -3.00. The molecule has 4 aromatic rings. The van der Waals surface area contributed by atoms with Gasteiger partial charge in [-0.1, -0.05) is 0 Å². The number of nitrogens with two attached hydrogens (primary N) is 1. The van der Waals surface area contributed by atoms with Gasteiger partial charge in [-0.05, 0) is 65.5 Å². The van der Waals surface area contributed by atoms with Crippen LogP contribution in [-0.4, -0.2) is 36.6 Å². The fraction of sp³-hybridized carbons (Fsp3) is 0.273. The molecule has 2 N–H and O–H groups in total. The fourth-order valence-corrected chi connectivity index (χ4v) is 4.16. The minimum absolute atomic E-state index is 0.0220. The summed E-state index contributed by atoms with van der Waals surface area (Å²) in [6.45, 7) is 2.44. The van der Waals surface area contributed by atoms with Gasteiger partial charge in [-0.3, -0.25) is 14.5 Å². The third-order valence-electron chi connectivity index (χ3n) is 5.65. The van der Waals surface area contributed by atoms with E-state index in [2.05, 4.69) is 31.0 Å². The lowest BCUT2D eigenvalue weighted by atomic mass is 10.0. The Labute approximate surface area is 182 Å². The van der Waals surface area contributed by atoms with E-state index in [0.29, 0.717) is 17.9 Å². The quantitative estimate of drug-likeness (QED) is 0.493. The zero-order valence-electron chi connectivity index (χ0n) is 16.8. The zero-order valence-corrected chi connectivity index (χ0v) is 18.3. The fourth-order valence-electron chi connectivity index (χ4n) is 3.92. The van der Waals surface area contributed by atoms with Gasteiger partial charge in [0, 0.05) is 34.7 Å². The van der Waals surface area contributed by atoms with E-state index in [1.807, 2.05) is 43.1 Å². The summed E-state index contributed by atoms with van der Waals surface area (Å²) in [7, 11) is 1.87. The third kappa shape index (κ3) is 3.21. The average molecular weight is 465 g/mol. The number of anilines is 1. The number of hydrogen-bond donors (Lipinski definition) is 1. The molecule has 5 rings (SSSR count). The third-order valence-corrected chi connectivity index (χ3v) is 6.12. The van der Waals surface area contributed by atoms with Crippen molar-refractivity contribution >= 4 is 49.5 Å². The van der Waals surface area contributed by atoms with Crippen molar-refractivity contribution in [2.45, 2.75) is 32.4 Å². The number of amides is 1. The zero-order chi connectivity index (χ0) is 21.0. The highest BCUT2D eigenvalue weighted by Gasteiger charge is 2.34. The molecule has 0 aliphatic heterocycles. The summed E-state index contributed by atoms with van der Waals surface area (Å²) in [4.78, 5) is 24.5. The largest absolute Gasteiger partial charge is 0.383 e.